The quantitative estimate of drug-likeness (QED) is 0.676. The van der Waals surface area contributed by atoms with E-state index >= 15 is 0 Å². The van der Waals surface area contributed by atoms with Gasteiger partial charge >= 0.3 is 5.97 Å². The minimum Gasteiger partial charge on any atom is -0.481 e. The number of hydrogen-bond donors (Lipinski definition) is 2. The van der Waals surface area contributed by atoms with Crippen LogP contribution < -0.4 is 5.32 Å². The molecule has 0 spiro atoms. The largest absolute Gasteiger partial charge is 0.481 e. The topological polar surface area (TPSA) is 101 Å². The van der Waals surface area contributed by atoms with Crippen molar-refractivity contribution in [2.24, 2.45) is 5.41 Å². The number of hydrogen-bond acceptors (Lipinski definition) is 4. The van der Waals surface area contributed by atoms with Gasteiger partial charge in [0.2, 0.25) is 5.91 Å². The van der Waals surface area contributed by atoms with Crippen LogP contribution in [0.5, 0.6) is 0 Å². The van der Waals surface area contributed by atoms with E-state index in [0.717, 1.165) is 6.26 Å². The molecule has 0 aliphatic rings. The Bertz CT molecular complexity index is 390. The van der Waals surface area contributed by atoms with Crippen LogP contribution >= 0.6 is 0 Å². The Balaban J connectivity index is 4.20. The van der Waals surface area contributed by atoms with Crippen LogP contribution in [-0.2, 0) is 19.4 Å². The fraction of sp³-hybridized carbons (Fsp3) is 0.800. The Kier molecular flexibility index (Phi) is 5.60. The third-order valence-electron chi connectivity index (χ3n) is 2.67. The zero-order chi connectivity index (χ0) is 13.7. The molecule has 0 aromatic carbocycles. The van der Waals surface area contributed by atoms with E-state index in [4.69, 9.17) is 5.11 Å². The fourth-order valence-electron chi connectivity index (χ4n) is 1.01. The predicted octanol–water partition coefficient (Wildman–Crippen LogP) is 0.0382. The van der Waals surface area contributed by atoms with Crippen molar-refractivity contribution in [2.75, 3.05) is 18.6 Å². The van der Waals surface area contributed by atoms with Crippen molar-refractivity contribution in [3.8, 4) is 0 Å². The van der Waals surface area contributed by atoms with Gasteiger partial charge in [-0.1, -0.05) is 6.92 Å². The normalized spacial score (nSPS) is 15.0. The summed E-state index contributed by atoms with van der Waals surface area (Å²) in [5.74, 6) is -1.66. The molecule has 0 saturated carbocycles. The lowest BCUT2D eigenvalue weighted by Gasteiger charge is -2.23. The van der Waals surface area contributed by atoms with Crippen molar-refractivity contribution in [1.29, 1.82) is 0 Å². The van der Waals surface area contributed by atoms with E-state index in [0.29, 0.717) is 6.42 Å². The van der Waals surface area contributed by atoms with Crippen LogP contribution in [0.1, 0.15) is 26.7 Å². The fourth-order valence-corrected chi connectivity index (χ4v) is 1.57. The Morgan fingerprint density at radius 3 is 2.24 bits per heavy atom. The number of nitrogens with one attached hydrogen (secondary N) is 1. The van der Waals surface area contributed by atoms with E-state index in [1.165, 1.54) is 6.92 Å². The van der Waals surface area contributed by atoms with E-state index < -0.39 is 27.1 Å². The van der Waals surface area contributed by atoms with Gasteiger partial charge in [-0.15, -0.1) is 0 Å². The lowest BCUT2D eigenvalue weighted by atomic mass is 9.88. The van der Waals surface area contributed by atoms with E-state index in [1.807, 2.05) is 0 Å². The second kappa shape index (κ2) is 6.00. The van der Waals surface area contributed by atoms with Gasteiger partial charge < -0.3 is 10.4 Å². The van der Waals surface area contributed by atoms with Gasteiger partial charge in [-0.25, -0.2) is 8.42 Å². The molecule has 0 aliphatic heterocycles. The first-order chi connectivity index (χ1) is 7.60. The van der Waals surface area contributed by atoms with Crippen LogP contribution in [0.3, 0.4) is 0 Å². The summed E-state index contributed by atoms with van der Waals surface area (Å²) in [6, 6.07) is 0. The zero-order valence-electron chi connectivity index (χ0n) is 10.3. The van der Waals surface area contributed by atoms with Crippen LogP contribution in [0.4, 0.5) is 0 Å². The van der Waals surface area contributed by atoms with Crippen LogP contribution in [0.15, 0.2) is 0 Å². The van der Waals surface area contributed by atoms with Gasteiger partial charge in [-0.3, -0.25) is 9.59 Å². The number of aliphatic carboxylic acids is 1. The molecular weight excluding hydrogens is 246 g/mol. The molecule has 1 amide bonds. The highest BCUT2D eigenvalue weighted by molar-refractivity contribution is 7.90. The maximum absolute atomic E-state index is 11.3. The molecule has 0 radical (unpaired) electrons. The number of carboxylic acids is 1. The van der Waals surface area contributed by atoms with Crippen molar-refractivity contribution in [2.45, 2.75) is 26.7 Å². The highest BCUT2D eigenvalue weighted by atomic mass is 32.2. The summed E-state index contributed by atoms with van der Waals surface area (Å²) in [6.07, 6.45) is 1.29. The second-order valence-electron chi connectivity index (χ2n) is 4.38. The van der Waals surface area contributed by atoms with Gasteiger partial charge in [0.15, 0.2) is 0 Å². The van der Waals surface area contributed by atoms with Gasteiger partial charge in [0.25, 0.3) is 0 Å². The van der Waals surface area contributed by atoms with Crippen molar-refractivity contribution in [3.63, 3.8) is 0 Å². The minimum atomic E-state index is -3.17. The van der Waals surface area contributed by atoms with Gasteiger partial charge in [0.1, 0.15) is 9.84 Å². The van der Waals surface area contributed by atoms with Crippen molar-refractivity contribution < 1.29 is 23.1 Å². The Labute approximate surface area is 101 Å². The molecule has 0 bridgehead atoms. The Hall–Kier alpha value is -1.11. The van der Waals surface area contributed by atoms with E-state index in [2.05, 4.69) is 5.32 Å². The Morgan fingerprint density at radius 2 is 1.88 bits per heavy atom. The highest BCUT2D eigenvalue weighted by Gasteiger charge is 2.31. The van der Waals surface area contributed by atoms with Crippen molar-refractivity contribution in [1.82, 2.24) is 5.32 Å². The van der Waals surface area contributed by atoms with Gasteiger partial charge in [0.05, 0.1) is 11.2 Å². The minimum absolute atomic E-state index is 0.00142. The zero-order valence-corrected chi connectivity index (χ0v) is 11.1. The molecule has 0 saturated heterocycles. The third kappa shape index (κ3) is 6.25. The highest BCUT2D eigenvalue weighted by Crippen LogP contribution is 2.19. The van der Waals surface area contributed by atoms with Crippen LogP contribution in [0, 0.1) is 5.41 Å². The molecule has 0 fully saturated rings. The molecule has 0 aromatic rings. The van der Waals surface area contributed by atoms with Crippen molar-refractivity contribution in [3.05, 3.63) is 0 Å². The molecule has 1 unspecified atom stereocenters. The van der Waals surface area contributed by atoms with E-state index in [-0.39, 0.29) is 18.7 Å². The summed E-state index contributed by atoms with van der Waals surface area (Å²) < 4.78 is 21.7. The maximum atomic E-state index is 11.3. The summed E-state index contributed by atoms with van der Waals surface area (Å²) in [6.45, 7) is 3.25. The molecular formula is C10H19NO5S. The standard InChI is InChI=1S/C10H19NO5S/c1-4-10(2,9(13)14)7-11-8(12)5-6-17(3,15)16/h4-7H2,1-3H3,(H,11,12)(H,13,14). The number of rotatable bonds is 7. The predicted molar refractivity (Wildman–Crippen MR) is 63.4 cm³/mol. The number of sulfone groups is 1. The van der Waals surface area contributed by atoms with E-state index in [9.17, 15) is 18.0 Å². The molecule has 0 aliphatic carbocycles. The van der Waals surface area contributed by atoms with Gasteiger partial charge in [-0.2, -0.15) is 0 Å². The summed E-state index contributed by atoms with van der Waals surface area (Å²) in [5.41, 5.74) is -1.01. The molecule has 2 N–H and O–H groups in total. The average Bonchev–Trinajstić information content (AvgIpc) is 2.21. The van der Waals surface area contributed by atoms with Gasteiger partial charge in [-0.05, 0) is 13.3 Å². The number of carbonyl (C=O) groups is 2. The monoisotopic (exact) mass is 265 g/mol. The number of amides is 1. The average molecular weight is 265 g/mol. The first kappa shape index (κ1) is 15.9. The third-order valence-corrected chi connectivity index (χ3v) is 3.62. The maximum Gasteiger partial charge on any atom is 0.311 e. The molecule has 0 aromatic heterocycles. The summed E-state index contributed by atoms with van der Waals surface area (Å²) in [4.78, 5) is 22.2. The summed E-state index contributed by atoms with van der Waals surface area (Å²) in [7, 11) is -3.17. The van der Waals surface area contributed by atoms with Gasteiger partial charge in [0, 0.05) is 19.2 Å². The Morgan fingerprint density at radius 1 is 1.35 bits per heavy atom. The summed E-state index contributed by atoms with van der Waals surface area (Å²) >= 11 is 0. The van der Waals surface area contributed by atoms with Crippen LogP contribution in [-0.4, -0.2) is 44.0 Å². The van der Waals surface area contributed by atoms with Crippen LogP contribution in [0.2, 0.25) is 0 Å². The SMILES string of the molecule is CCC(C)(CNC(=O)CCS(C)(=O)=O)C(=O)O. The number of carbonyl (C=O) groups excluding carboxylic acids is 1. The molecule has 1 atom stereocenters. The van der Waals surface area contributed by atoms with Crippen LogP contribution in [0.25, 0.3) is 0 Å². The first-order valence-corrected chi connectivity index (χ1v) is 7.34. The van der Waals surface area contributed by atoms with Crippen molar-refractivity contribution >= 4 is 21.7 Å². The second-order valence-corrected chi connectivity index (χ2v) is 6.64. The molecule has 17 heavy (non-hydrogen) atoms. The molecule has 7 heteroatoms. The molecule has 100 valence electrons. The lowest BCUT2D eigenvalue weighted by molar-refractivity contribution is -0.148. The smallest absolute Gasteiger partial charge is 0.311 e. The lowest BCUT2D eigenvalue weighted by Crippen LogP contribution is -2.40. The summed E-state index contributed by atoms with van der Waals surface area (Å²) in [5, 5.41) is 11.4. The molecule has 0 rings (SSSR count). The van der Waals surface area contributed by atoms with E-state index in [1.54, 1.807) is 6.92 Å². The molecule has 0 heterocycles. The number of carboxylic acid groups (broad SMARTS) is 1. The first-order valence-electron chi connectivity index (χ1n) is 5.28. The molecule has 6 nitrogen and oxygen atoms in total.